The van der Waals surface area contributed by atoms with Crippen molar-refractivity contribution < 1.29 is 22.3 Å². The van der Waals surface area contributed by atoms with E-state index in [0.29, 0.717) is 5.02 Å². The Hall–Kier alpha value is -1.67. The number of rotatable bonds is 4. The Morgan fingerprint density at radius 3 is 2.29 bits per heavy atom. The van der Waals surface area contributed by atoms with Crippen LogP contribution >= 0.6 is 23.2 Å². The van der Waals surface area contributed by atoms with Gasteiger partial charge in [0.15, 0.2) is 9.84 Å². The summed E-state index contributed by atoms with van der Waals surface area (Å²) in [5.41, 5.74) is -0.337. The number of ether oxygens (including phenoxy) is 1. The van der Waals surface area contributed by atoms with Crippen LogP contribution in [0, 0.1) is 23.1 Å². The summed E-state index contributed by atoms with van der Waals surface area (Å²) in [5.74, 6) is -0.337. The van der Waals surface area contributed by atoms with E-state index in [1.54, 1.807) is 6.07 Å². The zero-order valence-electron chi connectivity index (χ0n) is 22.0. The predicted octanol–water partition coefficient (Wildman–Crippen LogP) is 7.18. The molecule has 2 aromatic carbocycles. The van der Waals surface area contributed by atoms with E-state index in [2.05, 4.69) is 0 Å². The number of fused-ring (bicyclic) bond motifs is 1. The standard InChI is InChI=1S/C29H34Cl2FNO4S/c1-18-22-6-4-5-7-23(22)28(2,3)27(34)33(18)26-24(31)16-19(17-25(26)32)29(12-14-37-15-13-29)38(35,36)21-10-8-20(30)9-11-21/h8-11,16-18,22-23H,4-7,12-15H2,1-3H3/t18-,22?,23?/m0/s1. The first kappa shape index (κ1) is 27.9. The topological polar surface area (TPSA) is 63.7 Å². The number of carbonyl (C=O) groups is 1. The number of amides is 1. The summed E-state index contributed by atoms with van der Waals surface area (Å²) in [7, 11) is -3.97. The highest BCUT2D eigenvalue weighted by molar-refractivity contribution is 7.92. The third-order valence-corrected chi connectivity index (χ3v) is 12.4. The van der Waals surface area contributed by atoms with Gasteiger partial charge in [0.2, 0.25) is 5.91 Å². The molecule has 5 nitrogen and oxygen atoms in total. The van der Waals surface area contributed by atoms with Gasteiger partial charge in [-0.25, -0.2) is 12.8 Å². The Kier molecular flexibility index (Phi) is 7.38. The average Bonchev–Trinajstić information content (AvgIpc) is 2.89. The molecule has 5 rings (SSSR count). The molecule has 3 aliphatic rings. The molecule has 38 heavy (non-hydrogen) atoms. The first-order valence-corrected chi connectivity index (χ1v) is 15.6. The Morgan fingerprint density at radius 2 is 1.66 bits per heavy atom. The molecule has 9 heteroatoms. The number of anilines is 1. The smallest absolute Gasteiger partial charge is 0.233 e. The van der Waals surface area contributed by atoms with E-state index in [1.807, 2.05) is 20.8 Å². The highest BCUT2D eigenvalue weighted by Gasteiger charge is 2.54. The third-order valence-electron chi connectivity index (χ3n) is 9.27. The van der Waals surface area contributed by atoms with E-state index < -0.39 is 25.8 Å². The predicted molar refractivity (Wildman–Crippen MR) is 148 cm³/mol. The van der Waals surface area contributed by atoms with Crippen LogP contribution in [0.3, 0.4) is 0 Å². The number of nitrogens with zero attached hydrogens (tertiary/aromatic N) is 1. The van der Waals surface area contributed by atoms with E-state index in [1.165, 1.54) is 35.2 Å². The summed E-state index contributed by atoms with van der Waals surface area (Å²) in [5, 5.41) is 0.467. The second-order valence-electron chi connectivity index (χ2n) is 11.5. The molecule has 0 spiro atoms. The first-order chi connectivity index (χ1) is 17.9. The van der Waals surface area contributed by atoms with E-state index in [9.17, 15) is 13.2 Å². The molecule has 2 aromatic rings. The van der Waals surface area contributed by atoms with Gasteiger partial charge in [0.05, 0.1) is 15.6 Å². The molecule has 2 aliphatic heterocycles. The van der Waals surface area contributed by atoms with Gasteiger partial charge in [0.25, 0.3) is 0 Å². The van der Waals surface area contributed by atoms with Crippen LogP contribution in [0.2, 0.25) is 10.0 Å². The highest BCUT2D eigenvalue weighted by atomic mass is 35.5. The van der Waals surface area contributed by atoms with Gasteiger partial charge < -0.3 is 9.64 Å². The molecule has 1 aliphatic carbocycles. The first-order valence-electron chi connectivity index (χ1n) is 13.3. The lowest BCUT2D eigenvalue weighted by molar-refractivity contribution is -0.137. The minimum absolute atomic E-state index is 0.0381. The van der Waals surface area contributed by atoms with Gasteiger partial charge in [-0.05, 0) is 86.4 Å². The average molecular weight is 583 g/mol. The highest BCUT2D eigenvalue weighted by Crippen LogP contribution is 2.52. The van der Waals surface area contributed by atoms with Crippen molar-refractivity contribution in [2.75, 3.05) is 18.1 Å². The largest absolute Gasteiger partial charge is 0.381 e. The number of sulfone groups is 1. The lowest BCUT2D eigenvalue weighted by Crippen LogP contribution is -2.60. The minimum Gasteiger partial charge on any atom is -0.381 e. The molecular weight excluding hydrogens is 548 g/mol. The van der Waals surface area contributed by atoms with Crippen molar-refractivity contribution in [3.05, 3.63) is 57.8 Å². The van der Waals surface area contributed by atoms with Gasteiger partial charge in [-0.2, -0.15) is 0 Å². The molecule has 3 fully saturated rings. The molecule has 3 atom stereocenters. The monoisotopic (exact) mass is 581 g/mol. The Labute approximate surface area is 234 Å². The van der Waals surface area contributed by atoms with Crippen LogP contribution < -0.4 is 4.90 Å². The minimum atomic E-state index is -3.97. The summed E-state index contributed by atoms with van der Waals surface area (Å²) in [4.78, 5) is 15.5. The number of benzene rings is 2. The summed E-state index contributed by atoms with van der Waals surface area (Å²) in [6, 6.07) is 8.59. The lowest BCUT2D eigenvalue weighted by atomic mass is 9.60. The van der Waals surface area contributed by atoms with Crippen molar-refractivity contribution in [1.82, 2.24) is 0 Å². The molecule has 0 N–H and O–H groups in total. The van der Waals surface area contributed by atoms with Crippen LogP contribution in [0.4, 0.5) is 10.1 Å². The molecule has 2 saturated heterocycles. The fourth-order valence-corrected chi connectivity index (χ4v) is 9.60. The molecule has 1 amide bonds. The quantitative estimate of drug-likeness (QED) is 0.383. The van der Waals surface area contributed by atoms with Crippen LogP contribution in [0.25, 0.3) is 0 Å². The lowest BCUT2D eigenvalue weighted by Gasteiger charge is -2.53. The van der Waals surface area contributed by atoms with Crippen molar-refractivity contribution in [1.29, 1.82) is 0 Å². The summed E-state index contributed by atoms with van der Waals surface area (Å²) >= 11 is 12.8. The molecule has 0 aromatic heterocycles. The zero-order chi connectivity index (χ0) is 27.5. The van der Waals surface area contributed by atoms with Gasteiger partial charge >= 0.3 is 0 Å². The fraction of sp³-hybridized carbons (Fsp3) is 0.552. The maximum Gasteiger partial charge on any atom is 0.233 e. The van der Waals surface area contributed by atoms with E-state index in [4.69, 9.17) is 27.9 Å². The van der Waals surface area contributed by atoms with Gasteiger partial charge in [-0.3, -0.25) is 4.79 Å². The molecule has 0 bridgehead atoms. The van der Waals surface area contributed by atoms with Crippen LogP contribution in [0.15, 0.2) is 41.3 Å². The molecule has 1 saturated carbocycles. The van der Waals surface area contributed by atoms with Crippen LogP contribution in [-0.4, -0.2) is 33.6 Å². The maximum absolute atomic E-state index is 16.2. The molecular formula is C29H34Cl2FNO4S. The normalized spacial score (nSPS) is 27.2. The van der Waals surface area contributed by atoms with Gasteiger partial charge in [0, 0.05) is 29.7 Å². The number of hydrogen-bond acceptors (Lipinski definition) is 4. The molecule has 0 radical (unpaired) electrons. The van der Waals surface area contributed by atoms with Crippen LogP contribution in [-0.2, 0) is 24.1 Å². The Balaban J connectivity index is 1.61. The molecule has 2 unspecified atom stereocenters. The zero-order valence-corrected chi connectivity index (χ0v) is 24.3. The van der Waals surface area contributed by atoms with Crippen molar-refractivity contribution in [2.45, 2.75) is 75.0 Å². The van der Waals surface area contributed by atoms with Gasteiger partial charge in [0.1, 0.15) is 10.6 Å². The fourth-order valence-electron chi connectivity index (χ4n) is 7.10. The summed E-state index contributed by atoms with van der Waals surface area (Å²) in [6.45, 7) is 6.31. The van der Waals surface area contributed by atoms with Crippen molar-refractivity contribution in [2.24, 2.45) is 17.3 Å². The third kappa shape index (κ3) is 4.29. The van der Waals surface area contributed by atoms with Crippen molar-refractivity contribution in [3.8, 4) is 0 Å². The summed E-state index contributed by atoms with van der Waals surface area (Å²) < 4.78 is 48.3. The molecule has 2 heterocycles. The van der Waals surface area contributed by atoms with Crippen LogP contribution in [0.1, 0.15) is 64.9 Å². The van der Waals surface area contributed by atoms with Crippen molar-refractivity contribution in [3.63, 3.8) is 0 Å². The van der Waals surface area contributed by atoms with E-state index in [0.717, 1.165) is 25.7 Å². The van der Waals surface area contributed by atoms with E-state index >= 15 is 4.39 Å². The van der Waals surface area contributed by atoms with Crippen molar-refractivity contribution >= 4 is 44.6 Å². The SMILES string of the molecule is C[C@H]1C2CCCCC2C(C)(C)C(=O)N1c1c(F)cc(C2(S(=O)(=O)c3ccc(Cl)cc3)CCOCC2)cc1Cl. The number of halogens is 3. The number of piperidine rings is 1. The number of hydrogen-bond donors (Lipinski definition) is 0. The van der Waals surface area contributed by atoms with Gasteiger partial charge in [-0.1, -0.05) is 49.9 Å². The van der Waals surface area contributed by atoms with E-state index in [-0.39, 0.29) is 71.0 Å². The molecule has 206 valence electrons. The maximum atomic E-state index is 16.2. The summed E-state index contributed by atoms with van der Waals surface area (Å²) in [6.07, 6.45) is 4.47. The Morgan fingerprint density at radius 1 is 1.03 bits per heavy atom. The number of carbonyl (C=O) groups excluding carboxylic acids is 1. The Bertz CT molecular complexity index is 1320. The van der Waals surface area contributed by atoms with Gasteiger partial charge in [-0.15, -0.1) is 0 Å². The second-order valence-corrected chi connectivity index (χ2v) is 14.6. The van der Waals surface area contributed by atoms with Crippen LogP contribution in [0.5, 0.6) is 0 Å². The second kappa shape index (κ2) is 10.1.